The highest BCUT2D eigenvalue weighted by Crippen LogP contribution is 2.27. The van der Waals surface area contributed by atoms with Gasteiger partial charge in [0.25, 0.3) is 0 Å². The molecule has 0 atom stereocenters. The quantitative estimate of drug-likeness (QED) is 0.473. The zero-order valence-electron chi connectivity index (χ0n) is 13.3. The molecule has 0 unspecified atom stereocenters. The lowest BCUT2D eigenvalue weighted by Crippen LogP contribution is -2.14. The predicted octanol–water partition coefficient (Wildman–Crippen LogP) is 2.94. The van der Waals surface area contributed by atoms with Gasteiger partial charge in [0.1, 0.15) is 13.2 Å². The van der Waals surface area contributed by atoms with E-state index in [0.29, 0.717) is 11.1 Å². The second-order valence-electron chi connectivity index (χ2n) is 4.90. The molecule has 2 aromatic carbocycles. The SMILES string of the molecule is C=CC(=O)OCCOC(=O)c1ccccc1-c1ccccc1C(=O)O. The van der Waals surface area contributed by atoms with Gasteiger partial charge in [0.05, 0.1) is 11.1 Å². The minimum Gasteiger partial charge on any atom is -0.478 e. The van der Waals surface area contributed by atoms with Crippen LogP contribution in [0, 0.1) is 0 Å². The van der Waals surface area contributed by atoms with Crippen LogP contribution in [0.15, 0.2) is 61.2 Å². The van der Waals surface area contributed by atoms with Gasteiger partial charge in [-0.3, -0.25) is 0 Å². The van der Waals surface area contributed by atoms with Gasteiger partial charge in [-0.15, -0.1) is 0 Å². The Kier molecular flexibility index (Phi) is 6.06. The molecule has 0 aliphatic heterocycles. The summed E-state index contributed by atoms with van der Waals surface area (Å²) in [5, 5.41) is 9.33. The molecule has 2 aromatic rings. The Labute approximate surface area is 144 Å². The van der Waals surface area contributed by atoms with Crippen molar-refractivity contribution < 1.29 is 29.0 Å². The summed E-state index contributed by atoms with van der Waals surface area (Å²) in [7, 11) is 0. The third kappa shape index (κ3) is 4.54. The maximum absolute atomic E-state index is 12.3. The first kappa shape index (κ1) is 17.9. The summed E-state index contributed by atoms with van der Waals surface area (Å²) < 4.78 is 9.82. The number of hydrogen-bond acceptors (Lipinski definition) is 5. The summed E-state index contributed by atoms with van der Waals surface area (Å²) in [4.78, 5) is 34.6. The van der Waals surface area contributed by atoms with Crippen molar-refractivity contribution in [2.45, 2.75) is 0 Å². The van der Waals surface area contributed by atoms with Crippen molar-refractivity contribution >= 4 is 17.9 Å². The summed E-state index contributed by atoms with van der Waals surface area (Å²) in [6.07, 6.45) is 1.01. The molecule has 0 amide bonds. The highest BCUT2D eigenvalue weighted by atomic mass is 16.6. The van der Waals surface area contributed by atoms with Gasteiger partial charge in [0, 0.05) is 6.08 Å². The van der Waals surface area contributed by atoms with E-state index in [1.54, 1.807) is 42.5 Å². The minimum atomic E-state index is -1.09. The zero-order valence-corrected chi connectivity index (χ0v) is 13.3. The van der Waals surface area contributed by atoms with Crippen LogP contribution < -0.4 is 0 Å². The van der Waals surface area contributed by atoms with Gasteiger partial charge >= 0.3 is 17.9 Å². The standard InChI is InChI=1S/C19H16O6/c1-2-17(20)24-11-12-25-19(23)16-10-6-4-8-14(16)13-7-3-5-9-15(13)18(21)22/h2-10H,1,11-12H2,(H,21,22). The molecule has 2 rings (SSSR count). The second kappa shape index (κ2) is 8.44. The van der Waals surface area contributed by atoms with E-state index >= 15 is 0 Å². The monoisotopic (exact) mass is 340 g/mol. The zero-order chi connectivity index (χ0) is 18.2. The van der Waals surface area contributed by atoms with Crippen molar-refractivity contribution in [1.82, 2.24) is 0 Å². The van der Waals surface area contributed by atoms with Gasteiger partial charge in [-0.2, -0.15) is 0 Å². The Hall–Kier alpha value is -3.41. The Balaban J connectivity index is 2.21. The Morgan fingerprint density at radius 3 is 2.00 bits per heavy atom. The van der Waals surface area contributed by atoms with Crippen LogP contribution >= 0.6 is 0 Å². The van der Waals surface area contributed by atoms with Crippen molar-refractivity contribution in [3.63, 3.8) is 0 Å². The van der Waals surface area contributed by atoms with E-state index in [1.165, 1.54) is 6.07 Å². The summed E-state index contributed by atoms with van der Waals surface area (Å²) in [6, 6.07) is 13.0. The molecule has 0 saturated carbocycles. The Morgan fingerprint density at radius 1 is 0.880 bits per heavy atom. The van der Waals surface area contributed by atoms with Crippen molar-refractivity contribution in [2.24, 2.45) is 0 Å². The first-order valence-electron chi connectivity index (χ1n) is 7.42. The molecule has 0 heterocycles. The summed E-state index contributed by atoms with van der Waals surface area (Å²) in [5.74, 6) is -2.33. The third-order valence-electron chi connectivity index (χ3n) is 3.32. The van der Waals surface area contributed by atoms with Crippen LogP contribution in [0.4, 0.5) is 0 Å². The van der Waals surface area contributed by atoms with Crippen molar-refractivity contribution in [3.8, 4) is 11.1 Å². The fourth-order valence-electron chi connectivity index (χ4n) is 2.21. The molecule has 0 aliphatic rings. The lowest BCUT2D eigenvalue weighted by atomic mass is 9.95. The van der Waals surface area contributed by atoms with Crippen LogP contribution in [-0.2, 0) is 14.3 Å². The van der Waals surface area contributed by atoms with Crippen molar-refractivity contribution in [1.29, 1.82) is 0 Å². The van der Waals surface area contributed by atoms with Gasteiger partial charge in [0.15, 0.2) is 0 Å². The van der Waals surface area contributed by atoms with Crippen molar-refractivity contribution in [2.75, 3.05) is 13.2 Å². The number of ether oxygens (including phenoxy) is 2. The van der Waals surface area contributed by atoms with Crippen LogP contribution in [0.25, 0.3) is 11.1 Å². The number of carboxylic acid groups (broad SMARTS) is 1. The van der Waals surface area contributed by atoms with Crippen LogP contribution in [-0.4, -0.2) is 36.2 Å². The molecule has 6 heteroatoms. The molecule has 0 bridgehead atoms. The second-order valence-corrected chi connectivity index (χ2v) is 4.90. The average molecular weight is 340 g/mol. The highest BCUT2D eigenvalue weighted by molar-refractivity contribution is 6.02. The average Bonchev–Trinajstić information content (AvgIpc) is 2.64. The molecule has 128 valence electrons. The van der Waals surface area contributed by atoms with Crippen LogP contribution in [0.1, 0.15) is 20.7 Å². The van der Waals surface area contributed by atoms with E-state index in [9.17, 15) is 19.5 Å². The number of hydrogen-bond donors (Lipinski definition) is 1. The Morgan fingerprint density at radius 2 is 1.40 bits per heavy atom. The maximum atomic E-state index is 12.3. The van der Waals surface area contributed by atoms with Crippen LogP contribution in [0.2, 0.25) is 0 Å². The smallest absolute Gasteiger partial charge is 0.338 e. The summed E-state index contributed by atoms with van der Waals surface area (Å²) in [5.41, 5.74) is 1.18. The first-order chi connectivity index (χ1) is 12.0. The van der Waals surface area contributed by atoms with Crippen LogP contribution in [0.5, 0.6) is 0 Å². The molecule has 0 spiro atoms. The summed E-state index contributed by atoms with van der Waals surface area (Å²) in [6.45, 7) is 3.05. The molecule has 0 aromatic heterocycles. The first-order valence-corrected chi connectivity index (χ1v) is 7.42. The van der Waals surface area contributed by atoms with E-state index in [-0.39, 0.29) is 24.3 Å². The number of benzene rings is 2. The molecular formula is C19H16O6. The molecular weight excluding hydrogens is 324 g/mol. The number of rotatable bonds is 7. The number of aromatic carboxylic acids is 1. The lowest BCUT2D eigenvalue weighted by Gasteiger charge is -2.12. The topological polar surface area (TPSA) is 89.9 Å². The number of carbonyl (C=O) groups is 3. The molecule has 0 radical (unpaired) electrons. The van der Waals surface area contributed by atoms with E-state index in [2.05, 4.69) is 6.58 Å². The maximum Gasteiger partial charge on any atom is 0.338 e. The third-order valence-corrected chi connectivity index (χ3v) is 3.32. The van der Waals surface area contributed by atoms with E-state index in [0.717, 1.165) is 6.08 Å². The molecule has 0 aliphatic carbocycles. The molecule has 25 heavy (non-hydrogen) atoms. The van der Waals surface area contributed by atoms with Gasteiger partial charge in [-0.1, -0.05) is 43.0 Å². The van der Waals surface area contributed by atoms with Gasteiger partial charge < -0.3 is 14.6 Å². The molecule has 0 fully saturated rings. The summed E-state index contributed by atoms with van der Waals surface area (Å²) >= 11 is 0. The molecule has 1 N–H and O–H groups in total. The fourth-order valence-corrected chi connectivity index (χ4v) is 2.21. The fraction of sp³-hybridized carbons (Fsp3) is 0.105. The number of carboxylic acids is 1. The molecule has 6 nitrogen and oxygen atoms in total. The lowest BCUT2D eigenvalue weighted by molar-refractivity contribution is -0.138. The Bertz CT molecular complexity index is 809. The number of esters is 2. The van der Waals surface area contributed by atoms with E-state index in [4.69, 9.17) is 9.47 Å². The highest BCUT2D eigenvalue weighted by Gasteiger charge is 2.18. The van der Waals surface area contributed by atoms with E-state index < -0.39 is 17.9 Å². The van der Waals surface area contributed by atoms with Gasteiger partial charge in [-0.25, -0.2) is 14.4 Å². The molecule has 0 saturated heterocycles. The van der Waals surface area contributed by atoms with Gasteiger partial charge in [-0.05, 0) is 23.3 Å². The van der Waals surface area contributed by atoms with Crippen LogP contribution in [0.3, 0.4) is 0 Å². The predicted molar refractivity (Wildman–Crippen MR) is 90.3 cm³/mol. The minimum absolute atomic E-state index is 0.0858. The van der Waals surface area contributed by atoms with E-state index in [1.807, 2.05) is 0 Å². The largest absolute Gasteiger partial charge is 0.478 e. The normalized spacial score (nSPS) is 9.92. The van der Waals surface area contributed by atoms with Crippen molar-refractivity contribution in [3.05, 3.63) is 72.3 Å². The van der Waals surface area contributed by atoms with Gasteiger partial charge in [0.2, 0.25) is 0 Å². The number of carbonyl (C=O) groups excluding carboxylic acids is 2.